The van der Waals surface area contributed by atoms with Gasteiger partial charge < -0.3 is 4.74 Å². The second kappa shape index (κ2) is 5.07. The number of aryl methyl sites for hydroxylation is 1. The highest BCUT2D eigenvalue weighted by Crippen LogP contribution is 2.39. The first kappa shape index (κ1) is 15.4. The summed E-state index contributed by atoms with van der Waals surface area (Å²) in [5, 5.41) is 14.4. The number of nitro groups is 1. The minimum atomic E-state index is -4.69. The lowest BCUT2D eigenvalue weighted by atomic mass is 10.4. The van der Waals surface area contributed by atoms with Gasteiger partial charge >= 0.3 is 6.18 Å². The van der Waals surface area contributed by atoms with Crippen LogP contribution < -0.4 is 4.74 Å². The largest absolute Gasteiger partial charge is 0.451 e. The number of alkyl halides is 3. The van der Waals surface area contributed by atoms with Crippen LogP contribution in [0.2, 0.25) is 5.02 Å². The SMILES string of the molecule is CN1C(Oc2nn(C)c(C(F)(F)F)c2Cl)C=CN1[N+](=O)[O-]. The molecular formula is C9H9ClF3N5O3. The Bertz CT molecular complexity index is 602. The predicted octanol–water partition coefficient (Wildman–Crippen LogP) is 1.66. The normalized spacial score (nSPS) is 19.3. The Kier molecular flexibility index (Phi) is 3.72. The fourth-order valence-electron chi connectivity index (χ4n) is 1.75. The highest BCUT2D eigenvalue weighted by atomic mass is 35.5. The van der Waals surface area contributed by atoms with E-state index in [1.54, 1.807) is 0 Å². The van der Waals surface area contributed by atoms with Gasteiger partial charge in [0.15, 0.2) is 17.0 Å². The first-order valence-corrected chi connectivity index (χ1v) is 5.81. The molecule has 8 nitrogen and oxygen atoms in total. The van der Waals surface area contributed by atoms with Gasteiger partial charge in [0.05, 0.1) is 6.20 Å². The summed E-state index contributed by atoms with van der Waals surface area (Å²) >= 11 is 5.62. The highest BCUT2D eigenvalue weighted by molar-refractivity contribution is 6.32. The van der Waals surface area contributed by atoms with Gasteiger partial charge in [-0.3, -0.25) is 4.68 Å². The Morgan fingerprint density at radius 2 is 2.10 bits per heavy atom. The Morgan fingerprint density at radius 3 is 2.52 bits per heavy atom. The molecule has 1 aliphatic rings. The summed E-state index contributed by atoms with van der Waals surface area (Å²) in [5.74, 6) is -0.460. The number of hydrazine groups is 2. The van der Waals surface area contributed by atoms with Gasteiger partial charge in [-0.15, -0.1) is 10.1 Å². The molecule has 0 radical (unpaired) electrons. The molecule has 116 valence electrons. The number of ether oxygens (including phenoxy) is 1. The zero-order valence-electron chi connectivity index (χ0n) is 10.7. The van der Waals surface area contributed by atoms with Crippen molar-refractivity contribution in [1.29, 1.82) is 0 Å². The fraction of sp³-hybridized carbons (Fsp3) is 0.444. The molecule has 0 fully saturated rings. The molecule has 2 heterocycles. The van der Waals surface area contributed by atoms with Crippen molar-refractivity contribution in [2.45, 2.75) is 12.4 Å². The van der Waals surface area contributed by atoms with E-state index in [9.17, 15) is 23.3 Å². The van der Waals surface area contributed by atoms with Crippen LogP contribution in [0.1, 0.15) is 5.69 Å². The Labute approximate surface area is 121 Å². The second-order valence-electron chi connectivity index (χ2n) is 4.07. The van der Waals surface area contributed by atoms with Gasteiger partial charge in [-0.1, -0.05) is 11.6 Å². The summed E-state index contributed by atoms with van der Waals surface area (Å²) in [6, 6.07) is 0. The van der Waals surface area contributed by atoms with Gasteiger partial charge in [0, 0.05) is 14.1 Å². The molecule has 1 unspecified atom stereocenters. The molecule has 0 amide bonds. The van der Waals surface area contributed by atoms with E-state index in [1.807, 2.05) is 0 Å². The van der Waals surface area contributed by atoms with Crippen LogP contribution in [0.25, 0.3) is 0 Å². The molecule has 1 aromatic rings. The maximum atomic E-state index is 12.8. The van der Waals surface area contributed by atoms with E-state index in [-0.39, 0.29) is 0 Å². The van der Waals surface area contributed by atoms with Crippen molar-refractivity contribution in [2.24, 2.45) is 7.05 Å². The third-order valence-corrected chi connectivity index (χ3v) is 3.04. The first-order chi connectivity index (χ1) is 9.62. The molecule has 1 aliphatic heterocycles. The average molecular weight is 328 g/mol. The van der Waals surface area contributed by atoms with Crippen LogP contribution in [0.5, 0.6) is 5.88 Å². The zero-order valence-corrected chi connectivity index (χ0v) is 11.5. The Morgan fingerprint density at radius 1 is 1.48 bits per heavy atom. The molecule has 1 atom stereocenters. The predicted molar refractivity (Wildman–Crippen MR) is 63.4 cm³/mol. The van der Waals surface area contributed by atoms with Crippen molar-refractivity contribution in [2.75, 3.05) is 7.05 Å². The van der Waals surface area contributed by atoms with Gasteiger partial charge in [0.1, 0.15) is 5.02 Å². The molecule has 0 saturated heterocycles. The highest BCUT2D eigenvalue weighted by Gasteiger charge is 2.40. The molecular weight excluding hydrogens is 319 g/mol. The zero-order chi connectivity index (χ0) is 15.9. The van der Waals surface area contributed by atoms with Gasteiger partial charge in [0.25, 0.3) is 5.88 Å². The van der Waals surface area contributed by atoms with Crippen molar-refractivity contribution < 1.29 is 22.9 Å². The molecule has 0 bridgehead atoms. The molecule has 1 aromatic heterocycles. The number of hydrogen-bond acceptors (Lipinski definition) is 5. The second-order valence-corrected chi connectivity index (χ2v) is 4.45. The van der Waals surface area contributed by atoms with E-state index < -0.39 is 34.0 Å². The molecule has 21 heavy (non-hydrogen) atoms. The summed E-state index contributed by atoms with van der Waals surface area (Å²) in [6.07, 6.45) is -3.30. The quantitative estimate of drug-likeness (QED) is 0.621. The van der Waals surface area contributed by atoms with Crippen molar-refractivity contribution in [1.82, 2.24) is 19.9 Å². The van der Waals surface area contributed by atoms with Crippen LogP contribution in [-0.2, 0) is 13.2 Å². The van der Waals surface area contributed by atoms with E-state index >= 15 is 0 Å². The molecule has 0 aromatic carbocycles. The number of nitrogens with zero attached hydrogens (tertiary/aromatic N) is 5. The Balaban J connectivity index is 2.23. The molecule has 0 N–H and O–H groups in total. The first-order valence-electron chi connectivity index (χ1n) is 5.44. The molecule has 0 saturated carbocycles. The number of rotatable bonds is 3. The van der Waals surface area contributed by atoms with E-state index in [2.05, 4.69) is 5.10 Å². The van der Waals surface area contributed by atoms with Crippen LogP contribution in [0.3, 0.4) is 0 Å². The van der Waals surface area contributed by atoms with Crippen molar-refractivity contribution in [3.63, 3.8) is 0 Å². The van der Waals surface area contributed by atoms with Crippen molar-refractivity contribution >= 4 is 11.6 Å². The third kappa shape index (κ3) is 2.74. The summed E-state index contributed by atoms with van der Waals surface area (Å²) in [4.78, 5) is 10.7. The molecule has 0 aliphatic carbocycles. The van der Waals surface area contributed by atoms with E-state index in [0.717, 1.165) is 18.3 Å². The fourth-order valence-corrected chi connectivity index (χ4v) is 2.06. The lowest BCUT2D eigenvalue weighted by molar-refractivity contribution is -0.681. The number of hydrogen-bond donors (Lipinski definition) is 0. The third-order valence-electron chi connectivity index (χ3n) is 2.70. The number of aromatic nitrogens is 2. The maximum absolute atomic E-state index is 12.8. The molecule has 2 rings (SSSR count). The van der Waals surface area contributed by atoms with Gasteiger partial charge in [-0.2, -0.15) is 13.2 Å². The monoisotopic (exact) mass is 327 g/mol. The van der Waals surface area contributed by atoms with Crippen molar-refractivity contribution in [3.8, 4) is 5.88 Å². The average Bonchev–Trinajstić information content (AvgIpc) is 2.81. The van der Waals surface area contributed by atoms with Crippen molar-refractivity contribution in [3.05, 3.63) is 33.1 Å². The van der Waals surface area contributed by atoms with E-state index in [1.165, 1.54) is 13.1 Å². The Hall–Kier alpha value is -2.01. The molecule has 0 spiro atoms. The minimum Gasteiger partial charge on any atom is -0.451 e. The van der Waals surface area contributed by atoms with Crippen LogP contribution in [0.15, 0.2) is 12.3 Å². The van der Waals surface area contributed by atoms with Crippen LogP contribution in [0.4, 0.5) is 13.2 Å². The van der Waals surface area contributed by atoms with E-state index in [4.69, 9.17) is 16.3 Å². The smallest absolute Gasteiger partial charge is 0.434 e. The summed E-state index contributed by atoms with van der Waals surface area (Å²) < 4.78 is 44.0. The van der Waals surface area contributed by atoms with E-state index in [0.29, 0.717) is 9.80 Å². The minimum absolute atomic E-state index is 0.460. The van der Waals surface area contributed by atoms with Crippen LogP contribution >= 0.6 is 11.6 Å². The lowest BCUT2D eigenvalue weighted by Gasteiger charge is -2.21. The van der Waals surface area contributed by atoms with Gasteiger partial charge in [-0.05, 0) is 11.2 Å². The van der Waals surface area contributed by atoms with Crippen LogP contribution in [-0.4, -0.2) is 38.2 Å². The number of halogens is 4. The number of likely N-dealkylation sites (N-methyl/N-ethyl adjacent to an activating group) is 1. The van der Waals surface area contributed by atoms with Gasteiger partial charge in [-0.25, -0.2) is 10.1 Å². The lowest BCUT2D eigenvalue weighted by Crippen LogP contribution is -2.43. The summed E-state index contributed by atoms with van der Waals surface area (Å²) in [5.41, 5.74) is -1.16. The maximum Gasteiger partial charge on any atom is 0.434 e. The molecule has 12 heteroatoms. The summed E-state index contributed by atoms with van der Waals surface area (Å²) in [7, 11) is 2.40. The topological polar surface area (TPSA) is 76.7 Å². The standard InChI is InChI=1S/C9H9ClF3N5O3/c1-15-7(9(11,12)13)6(10)8(14-15)21-5-3-4-17(16(5)2)18(19)20/h3-5H,1-2H3. The van der Waals surface area contributed by atoms with Gasteiger partial charge in [0.2, 0.25) is 0 Å². The summed E-state index contributed by atoms with van der Waals surface area (Å²) in [6.45, 7) is 0. The van der Waals surface area contributed by atoms with Crippen LogP contribution in [0, 0.1) is 10.1 Å².